The Morgan fingerprint density at radius 2 is 1.89 bits per heavy atom. The van der Waals surface area contributed by atoms with Gasteiger partial charge in [0.05, 0.1) is 25.0 Å². The second-order valence-corrected chi connectivity index (χ2v) is 9.56. The molecule has 0 unspecified atom stereocenters. The van der Waals surface area contributed by atoms with E-state index in [0.29, 0.717) is 11.4 Å². The average Bonchev–Trinajstić information content (AvgIpc) is 2.97. The summed E-state index contributed by atoms with van der Waals surface area (Å²) in [7, 11) is 1.59. The maximum atomic E-state index is 12.1. The van der Waals surface area contributed by atoms with E-state index in [9.17, 15) is 4.79 Å². The molecular weight excluding hydrogens is 413 g/mol. The Balaban J connectivity index is 2.38. The van der Waals surface area contributed by atoms with E-state index in [-0.39, 0.29) is 17.8 Å². The van der Waals surface area contributed by atoms with Crippen molar-refractivity contribution in [3.8, 4) is 17.3 Å². The zero-order chi connectivity index (χ0) is 20.4. The van der Waals surface area contributed by atoms with Crippen LogP contribution in [0.1, 0.15) is 32.0 Å². The van der Waals surface area contributed by atoms with Crippen LogP contribution in [0.4, 0.5) is 4.79 Å². The third-order valence-electron chi connectivity index (χ3n) is 3.71. The number of halogens is 3. The van der Waals surface area contributed by atoms with Gasteiger partial charge in [-0.3, -0.25) is 0 Å². The maximum Gasteiger partial charge on any atom is 0.414 e. The van der Waals surface area contributed by atoms with Crippen LogP contribution in [0, 0.1) is 6.92 Å². The first-order valence-electron chi connectivity index (χ1n) is 8.19. The van der Waals surface area contributed by atoms with Crippen molar-refractivity contribution in [1.82, 2.24) is 15.1 Å². The number of nitrogens with one attached hydrogen (secondary N) is 1. The average molecular weight is 435 g/mol. The summed E-state index contributed by atoms with van der Waals surface area (Å²) in [5.41, 5.74) is 2.18. The van der Waals surface area contributed by atoms with Crippen molar-refractivity contribution in [3.05, 3.63) is 35.5 Å². The van der Waals surface area contributed by atoms with Gasteiger partial charge >= 0.3 is 6.09 Å². The summed E-state index contributed by atoms with van der Waals surface area (Å²) in [5.74, 6) is 0.944. The number of aryl methyl sites for hydroxylation is 1. The van der Waals surface area contributed by atoms with Gasteiger partial charge in [-0.25, -0.2) is 9.48 Å². The molecular formula is C18H22Cl3N3O3. The Morgan fingerprint density at radius 3 is 2.44 bits per heavy atom. The van der Waals surface area contributed by atoms with E-state index < -0.39 is 9.89 Å². The maximum absolute atomic E-state index is 12.1. The van der Waals surface area contributed by atoms with Gasteiger partial charge in [0.2, 0.25) is 9.67 Å². The fourth-order valence-corrected chi connectivity index (χ4v) is 2.43. The lowest BCUT2D eigenvalue weighted by Gasteiger charge is -2.14. The standard InChI is InChI=1S/C18H22Cl3N3O3/c1-11-6-7-12(8-13(11)26-5)24-15(9-14(23-24)17(2,3)4)27-16(25)22-10-18(19,20)21/h6-9H,10H2,1-5H3,(H,22,25). The van der Waals surface area contributed by atoms with Crippen molar-refractivity contribution in [2.75, 3.05) is 13.7 Å². The summed E-state index contributed by atoms with van der Waals surface area (Å²) in [6.07, 6.45) is -0.748. The SMILES string of the molecule is COc1cc(-n2nc(C(C)(C)C)cc2OC(=O)NCC(Cl)(Cl)Cl)ccc1C. The molecule has 1 aromatic carbocycles. The number of hydrogen-bond acceptors (Lipinski definition) is 4. The molecule has 2 aromatic rings. The van der Waals surface area contributed by atoms with Crippen LogP contribution in [0.25, 0.3) is 5.69 Å². The van der Waals surface area contributed by atoms with Gasteiger partial charge in [0.1, 0.15) is 5.75 Å². The minimum Gasteiger partial charge on any atom is -0.496 e. The molecule has 6 nitrogen and oxygen atoms in total. The van der Waals surface area contributed by atoms with Crippen molar-refractivity contribution in [1.29, 1.82) is 0 Å². The van der Waals surface area contributed by atoms with Crippen LogP contribution in [-0.2, 0) is 5.41 Å². The number of alkyl halides is 3. The molecule has 1 aromatic heterocycles. The predicted molar refractivity (Wildman–Crippen MR) is 108 cm³/mol. The van der Waals surface area contributed by atoms with Crippen molar-refractivity contribution in [2.24, 2.45) is 0 Å². The van der Waals surface area contributed by atoms with Gasteiger partial charge in [-0.15, -0.1) is 0 Å². The number of hydrogen-bond donors (Lipinski definition) is 1. The molecule has 27 heavy (non-hydrogen) atoms. The minimum atomic E-state index is -1.61. The fraction of sp³-hybridized carbons (Fsp3) is 0.444. The van der Waals surface area contributed by atoms with Crippen LogP contribution in [0.3, 0.4) is 0 Å². The molecule has 1 amide bonds. The van der Waals surface area contributed by atoms with Crippen LogP contribution in [0.15, 0.2) is 24.3 Å². The summed E-state index contributed by atoms with van der Waals surface area (Å²) in [6.45, 7) is 7.80. The van der Waals surface area contributed by atoms with E-state index in [4.69, 9.17) is 44.3 Å². The molecule has 0 saturated carbocycles. The molecule has 2 rings (SSSR count). The highest BCUT2D eigenvalue weighted by molar-refractivity contribution is 6.67. The van der Waals surface area contributed by atoms with E-state index in [2.05, 4.69) is 10.4 Å². The predicted octanol–water partition coefficient (Wildman–Crippen LogP) is 4.95. The number of carbonyl (C=O) groups excluding carboxylic acids is 1. The fourth-order valence-electron chi connectivity index (χ4n) is 2.23. The molecule has 0 bridgehead atoms. The number of amides is 1. The molecule has 0 atom stereocenters. The highest BCUT2D eigenvalue weighted by Gasteiger charge is 2.25. The lowest BCUT2D eigenvalue weighted by Crippen LogP contribution is -2.34. The first-order chi connectivity index (χ1) is 12.4. The molecule has 0 fully saturated rings. The molecule has 1 N–H and O–H groups in total. The second kappa shape index (κ2) is 8.17. The second-order valence-electron chi connectivity index (χ2n) is 7.04. The van der Waals surface area contributed by atoms with Crippen LogP contribution < -0.4 is 14.8 Å². The lowest BCUT2D eigenvalue weighted by molar-refractivity contribution is 0.197. The number of rotatable bonds is 4. The van der Waals surface area contributed by atoms with Crippen LogP contribution in [0.2, 0.25) is 0 Å². The summed E-state index contributed by atoms with van der Waals surface area (Å²) < 4.78 is 10.7. The molecule has 0 aliphatic heterocycles. The van der Waals surface area contributed by atoms with E-state index in [1.54, 1.807) is 13.2 Å². The molecule has 0 spiro atoms. The third-order valence-corrected chi connectivity index (χ3v) is 4.11. The molecule has 0 aliphatic rings. The monoisotopic (exact) mass is 433 g/mol. The Bertz CT molecular complexity index is 823. The lowest BCUT2D eigenvalue weighted by atomic mass is 9.93. The molecule has 1 heterocycles. The first kappa shape index (κ1) is 21.7. The van der Waals surface area contributed by atoms with Crippen LogP contribution in [0.5, 0.6) is 11.6 Å². The van der Waals surface area contributed by atoms with Crippen molar-refractivity contribution in [2.45, 2.75) is 36.9 Å². The third kappa shape index (κ3) is 5.92. The molecule has 0 aliphatic carbocycles. The zero-order valence-corrected chi connectivity index (χ0v) is 18.0. The summed E-state index contributed by atoms with van der Waals surface area (Å²) in [4.78, 5) is 12.1. The van der Waals surface area contributed by atoms with Gasteiger partial charge < -0.3 is 14.8 Å². The Morgan fingerprint density at radius 1 is 1.22 bits per heavy atom. The smallest absolute Gasteiger partial charge is 0.414 e. The number of methoxy groups -OCH3 is 1. The number of carbonyl (C=O) groups is 1. The Labute approximate surface area is 173 Å². The van der Waals surface area contributed by atoms with E-state index in [1.807, 2.05) is 45.9 Å². The first-order valence-corrected chi connectivity index (χ1v) is 9.32. The largest absolute Gasteiger partial charge is 0.496 e. The van der Waals surface area contributed by atoms with Crippen molar-refractivity contribution in [3.63, 3.8) is 0 Å². The van der Waals surface area contributed by atoms with E-state index >= 15 is 0 Å². The molecule has 9 heteroatoms. The van der Waals surface area contributed by atoms with Crippen molar-refractivity contribution >= 4 is 40.9 Å². The number of aromatic nitrogens is 2. The molecule has 148 valence electrons. The number of benzene rings is 1. The van der Waals surface area contributed by atoms with Gasteiger partial charge in [0.25, 0.3) is 0 Å². The highest BCUT2D eigenvalue weighted by atomic mass is 35.6. The number of nitrogens with zero attached hydrogens (tertiary/aromatic N) is 2. The van der Waals surface area contributed by atoms with Crippen molar-refractivity contribution < 1.29 is 14.3 Å². The Kier molecular flexibility index (Phi) is 6.55. The minimum absolute atomic E-state index is 0.185. The number of ether oxygens (including phenoxy) is 2. The normalized spacial score (nSPS) is 12.0. The quantitative estimate of drug-likeness (QED) is 0.692. The van der Waals surface area contributed by atoms with Crippen LogP contribution in [-0.4, -0.2) is 33.3 Å². The zero-order valence-electron chi connectivity index (χ0n) is 15.8. The summed E-state index contributed by atoms with van der Waals surface area (Å²) in [6, 6.07) is 7.30. The summed E-state index contributed by atoms with van der Waals surface area (Å²) in [5, 5.41) is 7.00. The van der Waals surface area contributed by atoms with Gasteiger partial charge in [-0.2, -0.15) is 5.10 Å². The highest BCUT2D eigenvalue weighted by Crippen LogP contribution is 2.30. The molecule has 0 saturated heterocycles. The summed E-state index contributed by atoms with van der Waals surface area (Å²) >= 11 is 16.9. The topological polar surface area (TPSA) is 65.4 Å². The van der Waals surface area contributed by atoms with Gasteiger partial charge in [-0.1, -0.05) is 61.6 Å². The van der Waals surface area contributed by atoms with Crippen LogP contribution >= 0.6 is 34.8 Å². The van der Waals surface area contributed by atoms with E-state index in [0.717, 1.165) is 11.3 Å². The van der Waals surface area contributed by atoms with E-state index in [1.165, 1.54) is 4.68 Å². The molecule has 0 radical (unpaired) electrons. The van der Waals surface area contributed by atoms with Gasteiger partial charge in [-0.05, 0) is 18.6 Å². The Hall–Kier alpha value is -1.63. The van der Waals surface area contributed by atoms with Gasteiger partial charge in [0.15, 0.2) is 0 Å². The van der Waals surface area contributed by atoms with Gasteiger partial charge in [0, 0.05) is 17.5 Å².